The standard InChI is InChI=1S/C25H22N2O/c1-4-26-21-12-8-6-10-17(21)16(3)19-14-24-20(15-23(19)26)25(28)18-11-7-9-13-22(18)27(24)5-2/h6-15H,3-5H2,1-2H3. The molecule has 3 nitrogen and oxygen atoms in total. The fourth-order valence-electron chi connectivity index (χ4n) is 4.54. The second-order valence-electron chi connectivity index (χ2n) is 7.22. The minimum atomic E-state index is 0.0959. The van der Waals surface area contributed by atoms with Gasteiger partial charge in [0.25, 0.3) is 0 Å². The van der Waals surface area contributed by atoms with Crippen LogP contribution in [0.25, 0.3) is 27.4 Å². The third kappa shape index (κ3) is 2.13. The third-order valence-electron chi connectivity index (χ3n) is 5.86. The summed E-state index contributed by atoms with van der Waals surface area (Å²) < 4.78 is 2.23. The number of hydrogen-bond acceptors (Lipinski definition) is 2. The van der Waals surface area contributed by atoms with Crippen LogP contribution in [0.4, 0.5) is 11.4 Å². The van der Waals surface area contributed by atoms with E-state index < -0.39 is 0 Å². The molecule has 5 rings (SSSR count). The van der Waals surface area contributed by atoms with E-state index in [-0.39, 0.29) is 5.43 Å². The highest BCUT2D eigenvalue weighted by Crippen LogP contribution is 2.45. The molecule has 0 fully saturated rings. The molecule has 2 heterocycles. The second-order valence-corrected chi connectivity index (χ2v) is 7.22. The molecule has 0 atom stereocenters. The van der Waals surface area contributed by atoms with E-state index >= 15 is 0 Å². The van der Waals surface area contributed by atoms with Crippen LogP contribution < -0.4 is 10.3 Å². The summed E-state index contributed by atoms with van der Waals surface area (Å²) >= 11 is 0. The minimum absolute atomic E-state index is 0.0959. The van der Waals surface area contributed by atoms with Crippen LogP contribution in [0.15, 0.2) is 72.0 Å². The molecule has 0 unspecified atom stereocenters. The van der Waals surface area contributed by atoms with E-state index in [2.05, 4.69) is 66.3 Å². The molecule has 28 heavy (non-hydrogen) atoms. The van der Waals surface area contributed by atoms with Gasteiger partial charge in [0.15, 0.2) is 5.43 Å². The predicted molar refractivity (Wildman–Crippen MR) is 119 cm³/mol. The summed E-state index contributed by atoms with van der Waals surface area (Å²) in [6.07, 6.45) is 0. The first kappa shape index (κ1) is 16.8. The average molecular weight is 366 g/mol. The molecule has 0 radical (unpaired) electrons. The van der Waals surface area contributed by atoms with Gasteiger partial charge in [0.2, 0.25) is 0 Å². The number of hydrogen-bond donors (Lipinski definition) is 0. The Morgan fingerprint density at radius 1 is 0.786 bits per heavy atom. The quantitative estimate of drug-likeness (QED) is 0.425. The molecule has 0 saturated carbocycles. The van der Waals surface area contributed by atoms with Gasteiger partial charge in [-0.2, -0.15) is 0 Å². The number of anilines is 2. The first-order valence-electron chi connectivity index (χ1n) is 9.81. The summed E-state index contributed by atoms with van der Waals surface area (Å²) in [5.74, 6) is 0. The SMILES string of the molecule is C=C1c2ccccc2N(CC)c2cc3c(=O)c4ccccc4n(CC)c3cc21. The Hall–Kier alpha value is -3.33. The molecule has 0 amide bonds. The van der Waals surface area contributed by atoms with Gasteiger partial charge in [-0.15, -0.1) is 0 Å². The topological polar surface area (TPSA) is 25.2 Å². The number of fused-ring (bicyclic) bond motifs is 4. The lowest BCUT2D eigenvalue weighted by molar-refractivity contribution is 0.821. The highest BCUT2D eigenvalue weighted by molar-refractivity contribution is 6.03. The Morgan fingerprint density at radius 2 is 1.54 bits per heavy atom. The van der Waals surface area contributed by atoms with Gasteiger partial charge in [-0.05, 0) is 49.8 Å². The van der Waals surface area contributed by atoms with Gasteiger partial charge in [-0.3, -0.25) is 4.79 Å². The lowest BCUT2D eigenvalue weighted by Gasteiger charge is -2.34. The van der Waals surface area contributed by atoms with Crippen molar-refractivity contribution >= 4 is 38.8 Å². The zero-order chi connectivity index (χ0) is 19.4. The van der Waals surface area contributed by atoms with Crippen molar-refractivity contribution in [2.24, 2.45) is 0 Å². The van der Waals surface area contributed by atoms with Gasteiger partial charge in [-0.25, -0.2) is 0 Å². The van der Waals surface area contributed by atoms with E-state index in [1.165, 1.54) is 0 Å². The molecule has 0 N–H and O–H groups in total. The van der Waals surface area contributed by atoms with Crippen molar-refractivity contribution in [2.45, 2.75) is 20.4 Å². The van der Waals surface area contributed by atoms with Crippen molar-refractivity contribution in [3.8, 4) is 0 Å². The lowest BCUT2D eigenvalue weighted by Crippen LogP contribution is -2.23. The smallest absolute Gasteiger partial charge is 0.197 e. The maximum Gasteiger partial charge on any atom is 0.197 e. The summed E-state index contributed by atoms with van der Waals surface area (Å²) in [6, 6.07) is 20.5. The molecule has 3 aromatic carbocycles. The average Bonchev–Trinajstić information content (AvgIpc) is 2.74. The molecule has 0 aliphatic carbocycles. The predicted octanol–water partition coefficient (Wildman–Crippen LogP) is 5.71. The first-order valence-corrected chi connectivity index (χ1v) is 9.81. The Labute approximate surface area is 164 Å². The maximum atomic E-state index is 13.3. The van der Waals surface area contributed by atoms with Gasteiger partial charge in [-0.1, -0.05) is 36.9 Å². The summed E-state index contributed by atoms with van der Waals surface area (Å²) in [6.45, 7) is 10.3. The number of benzene rings is 3. The number of aryl methyl sites for hydroxylation is 1. The minimum Gasteiger partial charge on any atom is -0.341 e. The van der Waals surface area contributed by atoms with E-state index in [1.54, 1.807) is 0 Å². The Kier molecular flexibility index (Phi) is 3.66. The van der Waals surface area contributed by atoms with Crippen LogP contribution in [0.1, 0.15) is 25.0 Å². The molecule has 1 aliphatic rings. The van der Waals surface area contributed by atoms with Crippen LogP contribution in [0.2, 0.25) is 0 Å². The molecule has 3 heteroatoms. The Balaban J connectivity index is 1.93. The number of para-hydroxylation sites is 2. The van der Waals surface area contributed by atoms with Crippen LogP contribution in [-0.2, 0) is 6.54 Å². The third-order valence-corrected chi connectivity index (χ3v) is 5.86. The monoisotopic (exact) mass is 366 g/mol. The number of rotatable bonds is 2. The normalized spacial score (nSPS) is 13.1. The summed E-state index contributed by atoms with van der Waals surface area (Å²) in [7, 11) is 0. The van der Waals surface area contributed by atoms with E-state index in [0.717, 1.165) is 63.0 Å². The van der Waals surface area contributed by atoms with Crippen molar-refractivity contribution in [1.29, 1.82) is 0 Å². The van der Waals surface area contributed by atoms with E-state index in [9.17, 15) is 4.79 Å². The molecule has 138 valence electrons. The van der Waals surface area contributed by atoms with Crippen molar-refractivity contribution in [2.75, 3.05) is 11.4 Å². The molecule has 0 saturated heterocycles. The molecule has 0 bridgehead atoms. The summed E-state index contributed by atoms with van der Waals surface area (Å²) in [4.78, 5) is 15.6. The van der Waals surface area contributed by atoms with Gasteiger partial charge < -0.3 is 9.47 Å². The van der Waals surface area contributed by atoms with Crippen molar-refractivity contribution in [3.05, 3.63) is 88.6 Å². The Bertz CT molecular complexity index is 1330. The number of pyridine rings is 1. The van der Waals surface area contributed by atoms with Crippen LogP contribution in [0, 0.1) is 0 Å². The van der Waals surface area contributed by atoms with Crippen LogP contribution in [0.5, 0.6) is 0 Å². The van der Waals surface area contributed by atoms with E-state index in [0.29, 0.717) is 0 Å². The van der Waals surface area contributed by atoms with Crippen LogP contribution in [-0.4, -0.2) is 11.1 Å². The van der Waals surface area contributed by atoms with Crippen molar-refractivity contribution in [3.63, 3.8) is 0 Å². The molecule has 1 aromatic heterocycles. The molecular weight excluding hydrogens is 344 g/mol. The molecule has 1 aliphatic heterocycles. The Morgan fingerprint density at radius 3 is 2.32 bits per heavy atom. The number of aromatic nitrogens is 1. The highest BCUT2D eigenvalue weighted by Gasteiger charge is 2.26. The fourth-order valence-corrected chi connectivity index (χ4v) is 4.54. The summed E-state index contributed by atoms with van der Waals surface area (Å²) in [5, 5.41) is 1.54. The van der Waals surface area contributed by atoms with Crippen LogP contribution >= 0.6 is 0 Å². The lowest BCUT2D eigenvalue weighted by atomic mass is 9.90. The summed E-state index contributed by atoms with van der Waals surface area (Å²) in [5.41, 5.74) is 7.54. The van der Waals surface area contributed by atoms with Crippen molar-refractivity contribution in [1.82, 2.24) is 4.57 Å². The number of nitrogens with zero attached hydrogens (tertiary/aromatic N) is 2. The first-order chi connectivity index (χ1) is 13.7. The van der Waals surface area contributed by atoms with E-state index in [1.807, 2.05) is 24.3 Å². The second kappa shape index (κ2) is 6.10. The fraction of sp³-hybridized carbons (Fsp3) is 0.160. The maximum absolute atomic E-state index is 13.3. The van der Waals surface area contributed by atoms with Crippen LogP contribution in [0.3, 0.4) is 0 Å². The largest absolute Gasteiger partial charge is 0.341 e. The van der Waals surface area contributed by atoms with Gasteiger partial charge in [0, 0.05) is 46.4 Å². The molecule has 4 aromatic rings. The van der Waals surface area contributed by atoms with E-state index in [4.69, 9.17) is 0 Å². The zero-order valence-corrected chi connectivity index (χ0v) is 16.2. The van der Waals surface area contributed by atoms with Gasteiger partial charge >= 0.3 is 0 Å². The highest BCUT2D eigenvalue weighted by atomic mass is 16.1. The molecular formula is C25H22N2O. The van der Waals surface area contributed by atoms with Gasteiger partial charge in [0.05, 0.1) is 11.0 Å². The molecule has 0 spiro atoms. The zero-order valence-electron chi connectivity index (χ0n) is 16.2. The van der Waals surface area contributed by atoms with Crippen molar-refractivity contribution < 1.29 is 0 Å². The van der Waals surface area contributed by atoms with Gasteiger partial charge in [0.1, 0.15) is 0 Å².